The summed E-state index contributed by atoms with van der Waals surface area (Å²) in [5, 5.41) is 11.2. The molecule has 1 amide bonds. The average molecular weight is 223 g/mol. The maximum atomic E-state index is 11.2. The zero-order valence-electron chi connectivity index (χ0n) is 9.35. The van der Waals surface area contributed by atoms with Crippen molar-refractivity contribution in [2.24, 2.45) is 0 Å². The maximum absolute atomic E-state index is 11.2. The van der Waals surface area contributed by atoms with Gasteiger partial charge < -0.3 is 15.2 Å². The molecule has 1 aromatic rings. The number of hydrogen-bond donors (Lipinski definition) is 2. The van der Waals surface area contributed by atoms with Crippen molar-refractivity contribution in [2.45, 2.75) is 19.4 Å². The molecule has 2 N–H and O–H groups in total. The van der Waals surface area contributed by atoms with Gasteiger partial charge in [-0.1, -0.05) is 30.3 Å². The van der Waals surface area contributed by atoms with Gasteiger partial charge in [0.1, 0.15) is 6.61 Å². The Kier molecular flexibility index (Phi) is 5.36. The standard InChI is InChI=1S/C12H17NO3/c1-10(13-12(15)16-8-7-14)9-11-5-3-2-4-6-11/h2-6,10,14H,7-9H2,1H3,(H,13,15)/t10-/m0/s1. The highest BCUT2D eigenvalue weighted by Crippen LogP contribution is 2.02. The van der Waals surface area contributed by atoms with Gasteiger partial charge in [-0.05, 0) is 18.9 Å². The number of alkyl carbamates (subject to hydrolysis) is 1. The van der Waals surface area contributed by atoms with Crippen molar-refractivity contribution in [2.75, 3.05) is 13.2 Å². The normalized spacial score (nSPS) is 11.9. The quantitative estimate of drug-likeness (QED) is 0.791. The molecule has 0 heterocycles. The van der Waals surface area contributed by atoms with E-state index in [1.807, 2.05) is 37.3 Å². The monoisotopic (exact) mass is 223 g/mol. The number of carbonyl (C=O) groups excluding carboxylic acids is 1. The molecule has 0 fully saturated rings. The number of hydrogen-bond acceptors (Lipinski definition) is 3. The Hall–Kier alpha value is -1.55. The van der Waals surface area contributed by atoms with Crippen LogP contribution in [-0.2, 0) is 11.2 Å². The molecule has 0 aliphatic carbocycles. The van der Waals surface area contributed by atoms with E-state index in [2.05, 4.69) is 5.32 Å². The predicted molar refractivity (Wildman–Crippen MR) is 61.2 cm³/mol. The minimum atomic E-state index is -0.488. The van der Waals surface area contributed by atoms with Crippen LogP contribution in [0.5, 0.6) is 0 Å². The van der Waals surface area contributed by atoms with Gasteiger partial charge in [-0.2, -0.15) is 0 Å². The van der Waals surface area contributed by atoms with Crippen LogP contribution in [0.3, 0.4) is 0 Å². The van der Waals surface area contributed by atoms with Crippen LogP contribution in [0.25, 0.3) is 0 Å². The lowest BCUT2D eigenvalue weighted by Gasteiger charge is -2.13. The van der Waals surface area contributed by atoms with Gasteiger partial charge in [0, 0.05) is 6.04 Å². The molecule has 1 atom stereocenters. The van der Waals surface area contributed by atoms with E-state index < -0.39 is 6.09 Å². The second-order valence-corrected chi connectivity index (χ2v) is 3.59. The summed E-state index contributed by atoms with van der Waals surface area (Å²) in [5.41, 5.74) is 1.16. The summed E-state index contributed by atoms with van der Waals surface area (Å²) in [6, 6.07) is 9.91. The number of benzene rings is 1. The predicted octanol–water partition coefficient (Wildman–Crippen LogP) is 1.34. The lowest BCUT2D eigenvalue weighted by Crippen LogP contribution is -2.35. The van der Waals surface area contributed by atoms with Crippen LogP contribution in [0.15, 0.2) is 30.3 Å². The molecule has 1 rings (SSSR count). The highest BCUT2D eigenvalue weighted by atomic mass is 16.6. The van der Waals surface area contributed by atoms with Gasteiger partial charge in [-0.25, -0.2) is 4.79 Å². The van der Waals surface area contributed by atoms with E-state index in [1.165, 1.54) is 0 Å². The first kappa shape index (κ1) is 12.5. The van der Waals surface area contributed by atoms with Crippen molar-refractivity contribution in [1.29, 1.82) is 0 Å². The zero-order chi connectivity index (χ0) is 11.8. The lowest BCUT2D eigenvalue weighted by molar-refractivity contribution is 0.116. The summed E-state index contributed by atoms with van der Waals surface area (Å²) >= 11 is 0. The molecule has 0 spiro atoms. The number of amides is 1. The van der Waals surface area contributed by atoms with E-state index in [0.29, 0.717) is 0 Å². The molecule has 4 nitrogen and oxygen atoms in total. The molecule has 0 radical (unpaired) electrons. The van der Waals surface area contributed by atoms with E-state index >= 15 is 0 Å². The molecule has 0 aliphatic heterocycles. The maximum Gasteiger partial charge on any atom is 0.407 e. The van der Waals surface area contributed by atoms with Gasteiger partial charge in [-0.3, -0.25) is 0 Å². The first-order valence-corrected chi connectivity index (χ1v) is 5.30. The van der Waals surface area contributed by atoms with E-state index in [1.54, 1.807) is 0 Å². The Morgan fingerprint density at radius 2 is 2.12 bits per heavy atom. The minimum absolute atomic E-state index is 0.00796. The molecule has 88 valence electrons. The number of rotatable bonds is 5. The Morgan fingerprint density at radius 1 is 1.44 bits per heavy atom. The molecular weight excluding hydrogens is 206 g/mol. The first-order valence-electron chi connectivity index (χ1n) is 5.30. The van der Waals surface area contributed by atoms with E-state index in [-0.39, 0.29) is 19.3 Å². The third-order valence-electron chi connectivity index (χ3n) is 2.07. The van der Waals surface area contributed by atoms with Crippen molar-refractivity contribution < 1.29 is 14.6 Å². The van der Waals surface area contributed by atoms with E-state index in [9.17, 15) is 4.79 Å². The Balaban J connectivity index is 2.30. The van der Waals surface area contributed by atoms with Crippen molar-refractivity contribution in [3.05, 3.63) is 35.9 Å². The Morgan fingerprint density at radius 3 is 2.75 bits per heavy atom. The van der Waals surface area contributed by atoms with Crippen LogP contribution in [0.4, 0.5) is 4.79 Å². The van der Waals surface area contributed by atoms with E-state index in [4.69, 9.17) is 9.84 Å². The number of carbonyl (C=O) groups is 1. The fourth-order valence-corrected chi connectivity index (χ4v) is 1.40. The second kappa shape index (κ2) is 6.85. The molecule has 4 heteroatoms. The van der Waals surface area contributed by atoms with Crippen molar-refractivity contribution >= 4 is 6.09 Å². The summed E-state index contributed by atoms with van der Waals surface area (Å²) in [5.74, 6) is 0. The molecule has 0 bridgehead atoms. The smallest absolute Gasteiger partial charge is 0.407 e. The zero-order valence-corrected chi connectivity index (χ0v) is 9.35. The van der Waals surface area contributed by atoms with Gasteiger partial charge in [0.25, 0.3) is 0 Å². The summed E-state index contributed by atoms with van der Waals surface area (Å²) < 4.78 is 4.70. The van der Waals surface area contributed by atoms with Gasteiger partial charge in [-0.15, -0.1) is 0 Å². The SMILES string of the molecule is C[C@@H](Cc1ccccc1)NC(=O)OCCO. The van der Waals surface area contributed by atoms with E-state index in [0.717, 1.165) is 12.0 Å². The van der Waals surface area contributed by atoms with Gasteiger partial charge in [0.2, 0.25) is 0 Å². The molecule has 1 aromatic carbocycles. The summed E-state index contributed by atoms with van der Waals surface area (Å²) in [6.07, 6.45) is 0.271. The van der Waals surface area contributed by atoms with Crippen LogP contribution < -0.4 is 5.32 Å². The second-order valence-electron chi connectivity index (χ2n) is 3.59. The third-order valence-corrected chi connectivity index (χ3v) is 2.07. The topological polar surface area (TPSA) is 58.6 Å². The fourth-order valence-electron chi connectivity index (χ4n) is 1.40. The van der Waals surface area contributed by atoms with Gasteiger partial charge in [0.05, 0.1) is 6.61 Å². The van der Waals surface area contributed by atoms with Crippen molar-refractivity contribution in [3.8, 4) is 0 Å². The van der Waals surface area contributed by atoms with Crippen molar-refractivity contribution in [1.82, 2.24) is 5.32 Å². The lowest BCUT2D eigenvalue weighted by atomic mass is 10.1. The third kappa shape index (κ3) is 4.79. The van der Waals surface area contributed by atoms with Crippen LogP contribution >= 0.6 is 0 Å². The van der Waals surface area contributed by atoms with Crippen LogP contribution in [0.2, 0.25) is 0 Å². The summed E-state index contributed by atoms with van der Waals surface area (Å²) in [6.45, 7) is 1.79. The van der Waals surface area contributed by atoms with Crippen LogP contribution in [0, 0.1) is 0 Å². The average Bonchev–Trinajstić information content (AvgIpc) is 2.27. The minimum Gasteiger partial charge on any atom is -0.447 e. The molecule has 0 aromatic heterocycles. The van der Waals surface area contributed by atoms with Crippen LogP contribution in [-0.4, -0.2) is 30.5 Å². The summed E-state index contributed by atoms with van der Waals surface area (Å²) in [7, 11) is 0. The number of aliphatic hydroxyl groups is 1. The first-order chi connectivity index (χ1) is 7.72. The largest absolute Gasteiger partial charge is 0.447 e. The molecular formula is C12H17NO3. The number of ether oxygens (including phenoxy) is 1. The molecule has 0 saturated heterocycles. The molecule has 0 aliphatic rings. The molecule has 0 saturated carbocycles. The van der Waals surface area contributed by atoms with Gasteiger partial charge >= 0.3 is 6.09 Å². The Labute approximate surface area is 95.2 Å². The fraction of sp³-hybridized carbons (Fsp3) is 0.417. The number of aliphatic hydroxyl groups excluding tert-OH is 1. The number of nitrogens with one attached hydrogen (secondary N) is 1. The highest BCUT2D eigenvalue weighted by molar-refractivity contribution is 5.67. The summed E-state index contributed by atoms with van der Waals surface area (Å²) in [4.78, 5) is 11.2. The van der Waals surface area contributed by atoms with Gasteiger partial charge in [0.15, 0.2) is 0 Å². The highest BCUT2D eigenvalue weighted by Gasteiger charge is 2.08. The molecule has 0 unspecified atom stereocenters. The Bertz CT molecular complexity index is 313. The van der Waals surface area contributed by atoms with Crippen LogP contribution in [0.1, 0.15) is 12.5 Å². The van der Waals surface area contributed by atoms with Crippen molar-refractivity contribution in [3.63, 3.8) is 0 Å². The molecule has 16 heavy (non-hydrogen) atoms.